The number of benzene rings is 1. The summed E-state index contributed by atoms with van der Waals surface area (Å²) >= 11 is 0. The van der Waals surface area contributed by atoms with Crippen LogP contribution in [0.25, 0.3) is 0 Å². The van der Waals surface area contributed by atoms with E-state index in [1.54, 1.807) is 0 Å². The molecule has 0 aromatic heterocycles. The molecule has 17 heavy (non-hydrogen) atoms. The molecule has 2 aliphatic carbocycles. The minimum Gasteiger partial charge on any atom is -0.508 e. The molecular weight excluding hydrogens is 208 g/mol. The van der Waals surface area contributed by atoms with Crippen LogP contribution >= 0.6 is 0 Å². The van der Waals surface area contributed by atoms with Gasteiger partial charge in [0.25, 0.3) is 0 Å². The van der Waals surface area contributed by atoms with E-state index in [4.69, 9.17) is 0 Å². The van der Waals surface area contributed by atoms with E-state index in [0.29, 0.717) is 17.1 Å². The van der Waals surface area contributed by atoms with E-state index in [-0.39, 0.29) is 0 Å². The minimum atomic E-state index is 0.492. The summed E-state index contributed by atoms with van der Waals surface area (Å²) < 4.78 is 0. The second kappa shape index (κ2) is 3.51. The fourth-order valence-corrected chi connectivity index (χ4v) is 4.31. The molecule has 2 fully saturated rings. The summed E-state index contributed by atoms with van der Waals surface area (Å²) in [6.07, 6.45) is 2.62. The Morgan fingerprint density at radius 3 is 2.47 bits per heavy atom. The summed E-state index contributed by atoms with van der Waals surface area (Å²) in [6, 6.07) is 7.91. The Hall–Kier alpha value is -0.980. The van der Waals surface area contributed by atoms with Gasteiger partial charge in [-0.1, -0.05) is 39.0 Å². The van der Waals surface area contributed by atoms with Crippen molar-refractivity contribution in [3.8, 4) is 5.75 Å². The molecule has 1 nitrogen and oxygen atoms in total. The van der Waals surface area contributed by atoms with Gasteiger partial charge in [0, 0.05) is 0 Å². The molecule has 0 heterocycles. The Balaban J connectivity index is 1.93. The van der Waals surface area contributed by atoms with Crippen LogP contribution in [0.15, 0.2) is 24.3 Å². The van der Waals surface area contributed by atoms with E-state index < -0.39 is 0 Å². The van der Waals surface area contributed by atoms with Gasteiger partial charge in [-0.05, 0) is 53.6 Å². The molecule has 1 aromatic carbocycles. The quantitative estimate of drug-likeness (QED) is 0.767. The number of rotatable bonds is 1. The first kappa shape index (κ1) is 11.1. The second-order valence-corrected chi connectivity index (χ2v) is 6.61. The minimum absolute atomic E-state index is 0.492. The second-order valence-electron chi connectivity index (χ2n) is 6.61. The average Bonchev–Trinajstić information content (AvgIpc) is 2.80. The zero-order valence-corrected chi connectivity index (χ0v) is 11.0. The summed E-state index contributed by atoms with van der Waals surface area (Å²) in [5, 5.41) is 10.0. The number of phenolic OH excluding ortho intramolecular Hbond substituents is 1. The third-order valence-electron chi connectivity index (χ3n) is 5.82. The van der Waals surface area contributed by atoms with Crippen LogP contribution in [-0.4, -0.2) is 5.11 Å². The smallest absolute Gasteiger partial charge is 0.119 e. The van der Waals surface area contributed by atoms with Crippen LogP contribution in [0.1, 0.15) is 45.1 Å². The molecule has 2 aliphatic rings. The Morgan fingerprint density at radius 1 is 1.18 bits per heavy atom. The molecule has 92 valence electrons. The monoisotopic (exact) mass is 230 g/mol. The fourth-order valence-electron chi connectivity index (χ4n) is 4.31. The Bertz CT molecular complexity index is 431. The summed E-state index contributed by atoms with van der Waals surface area (Å²) in [6.45, 7) is 7.24. The Labute approximate surface area is 104 Å². The highest BCUT2D eigenvalue weighted by Crippen LogP contribution is 2.64. The highest BCUT2D eigenvalue weighted by Gasteiger charge is 2.55. The SMILES string of the molecule is CC1C2CC(CC2c2ccccc2O)C1(C)C. The lowest BCUT2D eigenvalue weighted by Crippen LogP contribution is -2.32. The predicted octanol–water partition coefficient (Wildman–Crippen LogP) is 4.18. The number of hydrogen-bond acceptors (Lipinski definition) is 1. The van der Waals surface area contributed by atoms with Crippen LogP contribution in [0, 0.1) is 23.2 Å². The lowest BCUT2D eigenvalue weighted by Gasteiger charge is -2.40. The molecule has 2 saturated carbocycles. The first-order valence-corrected chi connectivity index (χ1v) is 6.79. The lowest BCUT2D eigenvalue weighted by molar-refractivity contribution is 0.121. The van der Waals surface area contributed by atoms with Gasteiger partial charge in [0.15, 0.2) is 0 Å². The first-order chi connectivity index (χ1) is 8.01. The van der Waals surface area contributed by atoms with Gasteiger partial charge in [-0.3, -0.25) is 0 Å². The number of para-hydroxylation sites is 1. The normalized spacial score (nSPS) is 38.5. The van der Waals surface area contributed by atoms with Crippen LogP contribution in [-0.2, 0) is 0 Å². The molecule has 0 spiro atoms. The highest BCUT2D eigenvalue weighted by atomic mass is 16.3. The summed E-state index contributed by atoms with van der Waals surface area (Å²) in [5.41, 5.74) is 1.67. The first-order valence-electron chi connectivity index (χ1n) is 6.79. The van der Waals surface area contributed by atoms with Crippen molar-refractivity contribution in [2.24, 2.45) is 23.2 Å². The molecule has 0 aliphatic heterocycles. The fraction of sp³-hybridized carbons (Fsp3) is 0.625. The number of phenols is 1. The van der Waals surface area contributed by atoms with E-state index in [0.717, 1.165) is 17.8 Å². The number of hydrogen-bond donors (Lipinski definition) is 1. The van der Waals surface area contributed by atoms with Crippen molar-refractivity contribution >= 4 is 0 Å². The Kier molecular flexibility index (Phi) is 2.30. The third-order valence-corrected chi connectivity index (χ3v) is 5.82. The van der Waals surface area contributed by atoms with E-state index in [2.05, 4.69) is 32.9 Å². The lowest BCUT2D eigenvalue weighted by atomic mass is 9.65. The van der Waals surface area contributed by atoms with E-state index >= 15 is 0 Å². The van der Waals surface area contributed by atoms with Gasteiger partial charge in [0.2, 0.25) is 0 Å². The standard InChI is InChI=1S/C16H22O/c1-10-13-8-11(16(10,2)3)9-14(13)12-6-4-5-7-15(12)17/h4-7,10-11,13-14,17H,8-9H2,1-3H3. The topological polar surface area (TPSA) is 20.2 Å². The maximum atomic E-state index is 10.0. The van der Waals surface area contributed by atoms with Gasteiger partial charge < -0.3 is 5.11 Å². The molecule has 0 radical (unpaired) electrons. The van der Waals surface area contributed by atoms with Gasteiger partial charge in [-0.25, -0.2) is 0 Å². The molecule has 1 N–H and O–H groups in total. The molecule has 0 amide bonds. The van der Waals surface area contributed by atoms with Crippen molar-refractivity contribution in [2.75, 3.05) is 0 Å². The molecule has 1 heteroatoms. The molecule has 3 rings (SSSR count). The van der Waals surface area contributed by atoms with Crippen LogP contribution in [0.2, 0.25) is 0 Å². The average molecular weight is 230 g/mol. The van der Waals surface area contributed by atoms with E-state index in [1.807, 2.05) is 12.1 Å². The molecule has 1 aromatic rings. The number of aromatic hydroxyl groups is 1. The molecule has 2 bridgehead atoms. The van der Waals surface area contributed by atoms with Crippen molar-refractivity contribution < 1.29 is 5.11 Å². The van der Waals surface area contributed by atoms with Crippen molar-refractivity contribution in [1.29, 1.82) is 0 Å². The van der Waals surface area contributed by atoms with Crippen LogP contribution in [0.3, 0.4) is 0 Å². The summed E-state index contributed by atoms with van der Waals surface area (Å²) in [4.78, 5) is 0. The molecule has 0 saturated heterocycles. The largest absolute Gasteiger partial charge is 0.508 e. The maximum absolute atomic E-state index is 10.0. The zero-order chi connectivity index (χ0) is 12.2. The van der Waals surface area contributed by atoms with Crippen molar-refractivity contribution in [3.05, 3.63) is 29.8 Å². The van der Waals surface area contributed by atoms with Crippen molar-refractivity contribution in [1.82, 2.24) is 0 Å². The molecular formula is C16H22O. The highest BCUT2D eigenvalue weighted by molar-refractivity contribution is 5.37. The van der Waals surface area contributed by atoms with Crippen LogP contribution < -0.4 is 0 Å². The third kappa shape index (κ3) is 1.44. The van der Waals surface area contributed by atoms with Crippen molar-refractivity contribution in [2.45, 2.75) is 39.5 Å². The summed E-state index contributed by atoms with van der Waals surface area (Å²) in [7, 11) is 0. The zero-order valence-electron chi connectivity index (χ0n) is 11.0. The molecule has 4 atom stereocenters. The van der Waals surface area contributed by atoms with Gasteiger partial charge in [0.1, 0.15) is 5.75 Å². The van der Waals surface area contributed by atoms with E-state index in [9.17, 15) is 5.11 Å². The number of fused-ring (bicyclic) bond motifs is 2. The maximum Gasteiger partial charge on any atom is 0.119 e. The van der Waals surface area contributed by atoms with Gasteiger partial charge >= 0.3 is 0 Å². The van der Waals surface area contributed by atoms with Crippen molar-refractivity contribution in [3.63, 3.8) is 0 Å². The van der Waals surface area contributed by atoms with Gasteiger partial charge in [-0.2, -0.15) is 0 Å². The Morgan fingerprint density at radius 2 is 1.88 bits per heavy atom. The van der Waals surface area contributed by atoms with Gasteiger partial charge in [0.05, 0.1) is 0 Å². The van der Waals surface area contributed by atoms with Crippen LogP contribution in [0.5, 0.6) is 5.75 Å². The van der Waals surface area contributed by atoms with Gasteiger partial charge in [-0.15, -0.1) is 0 Å². The van der Waals surface area contributed by atoms with E-state index in [1.165, 1.54) is 18.4 Å². The summed E-state index contributed by atoms with van der Waals surface area (Å²) in [5.74, 6) is 3.46. The predicted molar refractivity (Wildman–Crippen MR) is 70.0 cm³/mol. The van der Waals surface area contributed by atoms with Crippen LogP contribution in [0.4, 0.5) is 0 Å². The molecule has 4 unspecified atom stereocenters.